The Kier molecular flexibility index (Phi) is 4.82. The third-order valence-corrected chi connectivity index (χ3v) is 7.51. The molecule has 0 aliphatic heterocycles. The fourth-order valence-electron chi connectivity index (χ4n) is 6.19. The highest BCUT2D eigenvalue weighted by atomic mass is 16.6. The molecule has 4 rings (SSSR count). The van der Waals surface area contributed by atoms with Gasteiger partial charge in [-0.05, 0) is 82.5 Å². The number of carbonyl (C=O) groups excluding carboxylic acids is 1. The van der Waals surface area contributed by atoms with E-state index in [0.717, 1.165) is 30.6 Å². The largest absolute Gasteiger partial charge is 0.459 e. The van der Waals surface area contributed by atoms with Crippen LogP contribution in [0.2, 0.25) is 0 Å². The summed E-state index contributed by atoms with van der Waals surface area (Å²) >= 11 is 0. The Morgan fingerprint density at radius 1 is 1.13 bits per heavy atom. The number of rotatable bonds is 7. The predicted molar refractivity (Wildman–Crippen MR) is 94.1 cm³/mol. The van der Waals surface area contributed by atoms with E-state index in [-0.39, 0.29) is 22.9 Å². The van der Waals surface area contributed by atoms with Crippen LogP contribution in [0.15, 0.2) is 0 Å². The van der Waals surface area contributed by atoms with Gasteiger partial charge in [0.15, 0.2) is 0 Å². The highest BCUT2D eigenvalue weighted by Crippen LogP contribution is 2.65. The minimum Gasteiger partial charge on any atom is -0.459 e. The fraction of sp³-hybridized carbons (Fsp3) is 0.952. The normalized spacial score (nSPS) is 39.0. The highest BCUT2D eigenvalue weighted by molar-refractivity contribution is 5.72. The van der Waals surface area contributed by atoms with Crippen LogP contribution in [0, 0.1) is 29.1 Å². The summed E-state index contributed by atoms with van der Waals surface area (Å²) in [6.07, 6.45) is 12.6. The molecule has 132 valence electrons. The number of carbonyl (C=O) groups is 1. The zero-order valence-corrected chi connectivity index (χ0v) is 15.7. The molecule has 0 aromatic carbocycles. The van der Waals surface area contributed by atoms with E-state index in [2.05, 4.69) is 20.8 Å². The summed E-state index contributed by atoms with van der Waals surface area (Å²) < 4.78 is 6.34. The molecule has 2 atom stereocenters. The first-order valence-electron chi connectivity index (χ1n) is 10.1. The Morgan fingerprint density at radius 2 is 1.65 bits per heavy atom. The third-order valence-electron chi connectivity index (χ3n) is 7.51. The molecule has 0 radical (unpaired) electrons. The maximum absolute atomic E-state index is 12.6. The molecule has 0 spiro atoms. The zero-order chi connectivity index (χ0) is 16.7. The van der Waals surface area contributed by atoms with Gasteiger partial charge in [-0.1, -0.05) is 27.2 Å². The molecule has 2 unspecified atom stereocenters. The molecular formula is C21H36O2. The fourth-order valence-corrected chi connectivity index (χ4v) is 6.19. The summed E-state index contributed by atoms with van der Waals surface area (Å²) in [6.45, 7) is 8.63. The third kappa shape index (κ3) is 3.07. The molecule has 0 heterocycles. The average molecular weight is 321 g/mol. The van der Waals surface area contributed by atoms with Gasteiger partial charge in [-0.15, -0.1) is 0 Å². The van der Waals surface area contributed by atoms with Crippen molar-refractivity contribution in [3.05, 3.63) is 0 Å². The van der Waals surface area contributed by atoms with Gasteiger partial charge in [0, 0.05) is 5.41 Å². The molecule has 4 bridgehead atoms. The lowest BCUT2D eigenvalue weighted by Gasteiger charge is -2.62. The SMILES string of the molecule is CCCCC(C)(OC(=O)C(C)CC)C12CC3CC(CC(C3)C1)C2. The number of hydrogen-bond donors (Lipinski definition) is 0. The lowest BCUT2D eigenvalue weighted by atomic mass is 9.45. The van der Waals surface area contributed by atoms with E-state index in [4.69, 9.17) is 4.74 Å². The van der Waals surface area contributed by atoms with Gasteiger partial charge in [0.05, 0.1) is 5.92 Å². The molecule has 4 aliphatic carbocycles. The lowest BCUT2D eigenvalue weighted by Crippen LogP contribution is -2.59. The summed E-state index contributed by atoms with van der Waals surface area (Å²) in [6, 6.07) is 0. The summed E-state index contributed by atoms with van der Waals surface area (Å²) in [7, 11) is 0. The van der Waals surface area contributed by atoms with Crippen LogP contribution >= 0.6 is 0 Å². The second-order valence-electron chi connectivity index (χ2n) is 9.26. The Labute approximate surface area is 142 Å². The highest BCUT2D eigenvalue weighted by Gasteiger charge is 2.60. The van der Waals surface area contributed by atoms with Gasteiger partial charge in [0.2, 0.25) is 0 Å². The van der Waals surface area contributed by atoms with Crippen molar-refractivity contribution in [2.24, 2.45) is 29.1 Å². The summed E-state index contributed by atoms with van der Waals surface area (Å²) in [5.74, 6) is 2.80. The smallest absolute Gasteiger partial charge is 0.309 e. The first-order valence-corrected chi connectivity index (χ1v) is 10.1. The van der Waals surface area contributed by atoms with Crippen LogP contribution in [-0.2, 0) is 9.53 Å². The first-order chi connectivity index (χ1) is 10.9. The van der Waals surface area contributed by atoms with E-state index in [1.54, 1.807) is 0 Å². The van der Waals surface area contributed by atoms with Gasteiger partial charge in [0.1, 0.15) is 5.60 Å². The van der Waals surface area contributed by atoms with Crippen molar-refractivity contribution in [2.45, 2.75) is 97.5 Å². The maximum atomic E-state index is 12.6. The van der Waals surface area contributed by atoms with Crippen molar-refractivity contribution in [1.29, 1.82) is 0 Å². The van der Waals surface area contributed by atoms with Crippen molar-refractivity contribution in [1.82, 2.24) is 0 Å². The van der Waals surface area contributed by atoms with Gasteiger partial charge in [0.25, 0.3) is 0 Å². The Bertz CT molecular complexity index is 406. The number of ether oxygens (including phenoxy) is 1. The Balaban J connectivity index is 1.84. The van der Waals surface area contributed by atoms with Crippen LogP contribution in [0.25, 0.3) is 0 Å². The Hall–Kier alpha value is -0.530. The van der Waals surface area contributed by atoms with Gasteiger partial charge in [-0.25, -0.2) is 0 Å². The molecule has 2 nitrogen and oxygen atoms in total. The first kappa shape index (κ1) is 17.3. The van der Waals surface area contributed by atoms with E-state index >= 15 is 0 Å². The molecule has 0 saturated heterocycles. The molecule has 0 aromatic heterocycles. The van der Waals surface area contributed by atoms with Crippen molar-refractivity contribution in [2.75, 3.05) is 0 Å². The molecule has 2 heteroatoms. The molecule has 23 heavy (non-hydrogen) atoms. The van der Waals surface area contributed by atoms with Crippen LogP contribution in [0.3, 0.4) is 0 Å². The van der Waals surface area contributed by atoms with Crippen molar-refractivity contribution in [3.8, 4) is 0 Å². The van der Waals surface area contributed by atoms with Gasteiger partial charge >= 0.3 is 5.97 Å². The minimum atomic E-state index is -0.237. The van der Waals surface area contributed by atoms with Crippen molar-refractivity contribution < 1.29 is 9.53 Å². The molecular weight excluding hydrogens is 284 g/mol. The second-order valence-corrected chi connectivity index (χ2v) is 9.26. The predicted octanol–water partition coefficient (Wildman–Crippen LogP) is 5.74. The van der Waals surface area contributed by atoms with Crippen LogP contribution < -0.4 is 0 Å². The number of esters is 1. The summed E-state index contributed by atoms with van der Waals surface area (Å²) in [4.78, 5) is 12.6. The van der Waals surface area contributed by atoms with Gasteiger partial charge in [-0.2, -0.15) is 0 Å². The van der Waals surface area contributed by atoms with Crippen LogP contribution in [0.4, 0.5) is 0 Å². The van der Waals surface area contributed by atoms with E-state index in [1.807, 2.05) is 6.92 Å². The maximum Gasteiger partial charge on any atom is 0.309 e. The molecule has 4 aliphatic rings. The second kappa shape index (κ2) is 6.41. The van der Waals surface area contributed by atoms with Crippen molar-refractivity contribution in [3.63, 3.8) is 0 Å². The molecule has 0 N–H and O–H groups in total. The topological polar surface area (TPSA) is 26.3 Å². The molecule has 4 fully saturated rings. The number of unbranched alkanes of at least 4 members (excludes halogenated alkanes) is 1. The summed E-state index contributed by atoms with van der Waals surface area (Å²) in [5.41, 5.74) is 0.0412. The van der Waals surface area contributed by atoms with E-state index in [0.29, 0.717) is 0 Å². The van der Waals surface area contributed by atoms with Gasteiger partial charge < -0.3 is 4.74 Å². The minimum absolute atomic E-state index is 0.0323. The number of hydrogen-bond acceptors (Lipinski definition) is 2. The zero-order valence-electron chi connectivity index (χ0n) is 15.7. The lowest BCUT2D eigenvalue weighted by molar-refractivity contribution is -0.209. The van der Waals surface area contributed by atoms with Crippen LogP contribution in [0.1, 0.15) is 91.9 Å². The quantitative estimate of drug-likeness (QED) is 0.559. The molecule has 4 saturated carbocycles. The van der Waals surface area contributed by atoms with Crippen LogP contribution in [-0.4, -0.2) is 11.6 Å². The monoisotopic (exact) mass is 320 g/mol. The van der Waals surface area contributed by atoms with E-state index in [1.165, 1.54) is 51.4 Å². The average Bonchev–Trinajstić information content (AvgIpc) is 2.50. The Morgan fingerprint density at radius 3 is 2.09 bits per heavy atom. The molecule has 0 aromatic rings. The molecule has 0 amide bonds. The van der Waals surface area contributed by atoms with Gasteiger partial charge in [-0.3, -0.25) is 4.79 Å². The van der Waals surface area contributed by atoms with Crippen LogP contribution in [0.5, 0.6) is 0 Å². The summed E-state index contributed by atoms with van der Waals surface area (Å²) in [5, 5.41) is 0. The standard InChI is InChI=1S/C21H36O2/c1-5-7-8-20(4,23-19(22)15(3)6-2)21-12-16-9-17(13-21)11-18(10-16)14-21/h15-18H,5-14H2,1-4H3. The van der Waals surface area contributed by atoms with E-state index in [9.17, 15) is 4.79 Å². The van der Waals surface area contributed by atoms with Crippen molar-refractivity contribution >= 4 is 5.97 Å². The van der Waals surface area contributed by atoms with E-state index < -0.39 is 0 Å².